The molecule has 0 aliphatic carbocycles. The highest BCUT2D eigenvalue weighted by Gasteiger charge is 2.33. The van der Waals surface area contributed by atoms with E-state index < -0.39 is 24.3 Å². The van der Waals surface area contributed by atoms with Gasteiger partial charge in [-0.15, -0.1) is 0 Å². The average molecular weight is 312 g/mol. The maximum Gasteiger partial charge on any atom is 0.390 e. The van der Waals surface area contributed by atoms with Crippen LogP contribution in [0, 0.1) is 12.7 Å². The van der Waals surface area contributed by atoms with Crippen LogP contribution in [0.3, 0.4) is 0 Å². The van der Waals surface area contributed by atoms with E-state index in [1.165, 1.54) is 19.2 Å². The summed E-state index contributed by atoms with van der Waals surface area (Å²) in [7, 11) is 1.31. The van der Waals surface area contributed by atoms with Crippen molar-refractivity contribution in [3.63, 3.8) is 0 Å². The molecule has 0 fully saturated rings. The molecule has 0 N–H and O–H groups in total. The summed E-state index contributed by atoms with van der Waals surface area (Å²) in [6.07, 6.45) is -5.38. The molecule has 0 saturated carbocycles. The predicted octanol–water partition coefficient (Wildman–Crippen LogP) is 5.23. The molecule has 2 aromatic carbocycles. The number of hydrogen-bond donors (Lipinski definition) is 0. The van der Waals surface area contributed by atoms with E-state index in [1.807, 2.05) is 6.92 Å². The molecule has 0 aliphatic rings. The van der Waals surface area contributed by atoms with Crippen LogP contribution in [0.15, 0.2) is 42.5 Å². The summed E-state index contributed by atoms with van der Waals surface area (Å²) in [5.41, 5.74) is 1.74. The van der Waals surface area contributed by atoms with Crippen LogP contribution in [0.25, 0.3) is 0 Å². The maximum atomic E-state index is 13.8. The summed E-state index contributed by atoms with van der Waals surface area (Å²) in [5, 5.41) is 0. The zero-order valence-electron chi connectivity index (χ0n) is 12.2. The zero-order chi connectivity index (χ0) is 16.3. The first kappa shape index (κ1) is 16.3. The number of benzene rings is 2. The Balaban J connectivity index is 2.44. The quantitative estimate of drug-likeness (QED) is 0.703. The van der Waals surface area contributed by atoms with Gasteiger partial charge in [0.15, 0.2) is 11.6 Å². The number of ether oxygens (including phenoxy) is 1. The van der Waals surface area contributed by atoms with Gasteiger partial charge in [0.25, 0.3) is 0 Å². The molecule has 0 aromatic heterocycles. The Labute approximate surface area is 126 Å². The van der Waals surface area contributed by atoms with Gasteiger partial charge in [-0.05, 0) is 30.2 Å². The minimum absolute atomic E-state index is 0.0124. The number of aryl methyl sites for hydroxylation is 1. The monoisotopic (exact) mass is 312 g/mol. The minimum atomic E-state index is -4.34. The van der Waals surface area contributed by atoms with Crippen LogP contribution < -0.4 is 4.74 Å². The van der Waals surface area contributed by atoms with Crippen molar-refractivity contribution in [1.29, 1.82) is 0 Å². The molecule has 0 aliphatic heterocycles. The third-order valence-electron chi connectivity index (χ3n) is 3.49. The molecule has 0 amide bonds. The standard InChI is InChI=1S/C17H16F4O/c1-11-3-5-12(6-4-11)14(10-17(19,20)21)13-7-8-16(22-2)15(18)9-13/h3-9,14H,10H2,1-2H3. The van der Waals surface area contributed by atoms with Gasteiger partial charge in [-0.25, -0.2) is 4.39 Å². The molecule has 118 valence electrons. The van der Waals surface area contributed by atoms with Gasteiger partial charge in [0.05, 0.1) is 13.5 Å². The molecule has 0 bridgehead atoms. The Bertz CT molecular complexity index is 632. The molecule has 0 saturated heterocycles. The van der Waals surface area contributed by atoms with E-state index in [0.29, 0.717) is 5.56 Å². The molecule has 1 nitrogen and oxygen atoms in total. The number of hydrogen-bond acceptors (Lipinski definition) is 1. The van der Waals surface area contributed by atoms with E-state index in [0.717, 1.165) is 11.6 Å². The first-order valence-corrected chi connectivity index (χ1v) is 6.77. The fourth-order valence-electron chi connectivity index (χ4n) is 2.36. The van der Waals surface area contributed by atoms with Crippen molar-refractivity contribution in [2.75, 3.05) is 7.11 Å². The van der Waals surface area contributed by atoms with Crippen molar-refractivity contribution in [2.24, 2.45) is 0 Å². The lowest BCUT2D eigenvalue weighted by Gasteiger charge is -2.20. The van der Waals surface area contributed by atoms with Crippen molar-refractivity contribution in [2.45, 2.75) is 25.4 Å². The average Bonchev–Trinajstić information content (AvgIpc) is 2.45. The summed E-state index contributed by atoms with van der Waals surface area (Å²) < 4.78 is 57.3. The fourth-order valence-corrected chi connectivity index (χ4v) is 2.36. The van der Waals surface area contributed by atoms with Gasteiger partial charge in [0.1, 0.15) is 0 Å². The largest absolute Gasteiger partial charge is 0.494 e. The molecule has 0 heterocycles. The lowest BCUT2D eigenvalue weighted by Crippen LogP contribution is -2.15. The second-order valence-electron chi connectivity index (χ2n) is 5.18. The molecule has 2 aromatic rings. The molecule has 2 rings (SSSR count). The Hall–Kier alpha value is -2.04. The van der Waals surface area contributed by atoms with E-state index in [-0.39, 0.29) is 11.3 Å². The SMILES string of the molecule is COc1ccc(C(CC(F)(F)F)c2ccc(C)cc2)cc1F. The molecule has 1 atom stereocenters. The first-order valence-electron chi connectivity index (χ1n) is 6.77. The Kier molecular flexibility index (Phi) is 4.74. The lowest BCUT2D eigenvalue weighted by atomic mass is 9.88. The maximum absolute atomic E-state index is 13.8. The van der Waals surface area contributed by atoms with Gasteiger partial charge < -0.3 is 4.74 Å². The summed E-state index contributed by atoms with van der Waals surface area (Å²) in [5.74, 6) is -1.60. The van der Waals surface area contributed by atoms with Crippen LogP contribution >= 0.6 is 0 Å². The normalized spacial score (nSPS) is 13.0. The third kappa shape index (κ3) is 4.00. The highest BCUT2D eigenvalue weighted by molar-refractivity contribution is 5.38. The van der Waals surface area contributed by atoms with Crippen molar-refractivity contribution in [3.8, 4) is 5.75 Å². The molecule has 5 heteroatoms. The topological polar surface area (TPSA) is 9.23 Å². The van der Waals surface area contributed by atoms with Crippen LogP contribution in [-0.4, -0.2) is 13.3 Å². The Morgan fingerprint density at radius 1 is 1.00 bits per heavy atom. The lowest BCUT2D eigenvalue weighted by molar-refractivity contribution is -0.136. The number of rotatable bonds is 4. The molecular formula is C17H16F4O. The van der Waals surface area contributed by atoms with Crippen LogP contribution in [-0.2, 0) is 0 Å². The minimum Gasteiger partial charge on any atom is -0.494 e. The van der Waals surface area contributed by atoms with Crippen LogP contribution in [0.5, 0.6) is 5.75 Å². The van der Waals surface area contributed by atoms with Crippen LogP contribution in [0.1, 0.15) is 29.0 Å². The highest BCUT2D eigenvalue weighted by Crippen LogP contribution is 2.37. The zero-order valence-corrected chi connectivity index (χ0v) is 12.2. The molecule has 1 unspecified atom stereocenters. The van der Waals surface area contributed by atoms with Gasteiger partial charge in [0.2, 0.25) is 0 Å². The number of alkyl halides is 3. The van der Waals surface area contributed by atoms with E-state index in [1.54, 1.807) is 24.3 Å². The van der Waals surface area contributed by atoms with E-state index in [2.05, 4.69) is 0 Å². The van der Waals surface area contributed by atoms with E-state index in [4.69, 9.17) is 4.74 Å². The summed E-state index contributed by atoms with van der Waals surface area (Å²) >= 11 is 0. The fraction of sp³-hybridized carbons (Fsp3) is 0.294. The van der Waals surface area contributed by atoms with Crippen molar-refractivity contribution in [1.82, 2.24) is 0 Å². The van der Waals surface area contributed by atoms with E-state index in [9.17, 15) is 17.6 Å². The van der Waals surface area contributed by atoms with Crippen molar-refractivity contribution < 1.29 is 22.3 Å². The number of methoxy groups -OCH3 is 1. The van der Waals surface area contributed by atoms with Crippen LogP contribution in [0.4, 0.5) is 17.6 Å². The van der Waals surface area contributed by atoms with Crippen molar-refractivity contribution in [3.05, 3.63) is 65.0 Å². The van der Waals surface area contributed by atoms with E-state index >= 15 is 0 Å². The molecule has 0 radical (unpaired) electrons. The van der Waals surface area contributed by atoms with Gasteiger partial charge >= 0.3 is 6.18 Å². The van der Waals surface area contributed by atoms with Gasteiger partial charge in [-0.1, -0.05) is 35.9 Å². The van der Waals surface area contributed by atoms with Gasteiger partial charge in [-0.3, -0.25) is 0 Å². The summed E-state index contributed by atoms with van der Waals surface area (Å²) in [4.78, 5) is 0. The second-order valence-corrected chi connectivity index (χ2v) is 5.18. The summed E-state index contributed by atoms with van der Waals surface area (Å²) in [6.45, 7) is 1.86. The number of halogens is 4. The predicted molar refractivity (Wildman–Crippen MR) is 76.6 cm³/mol. The van der Waals surface area contributed by atoms with Crippen LogP contribution in [0.2, 0.25) is 0 Å². The van der Waals surface area contributed by atoms with Gasteiger partial charge in [0, 0.05) is 5.92 Å². The second kappa shape index (κ2) is 6.38. The first-order chi connectivity index (χ1) is 10.3. The molecular weight excluding hydrogens is 296 g/mol. The van der Waals surface area contributed by atoms with Gasteiger partial charge in [-0.2, -0.15) is 13.2 Å². The Morgan fingerprint density at radius 3 is 2.09 bits per heavy atom. The molecule has 22 heavy (non-hydrogen) atoms. The molecule has 0 spiro atoms. The van der Waals surface area contributed by atoms with Crippen molar-refractivity contribution >= 4 is 0 Å². The summed E-state index contributed by atoms with van der Waals surface area (Å²) in [6, 6.07) is 10.7. The third-order valence-corrected chi connectivity index (χ3v) is 3.49. The Morgan fingerprint density at radius 2 is 1.59 bits per heavy atom. The smallest absolute Gasteiger partial charge is 0.390 e. The highest BCUT2D eigenvalue weighted by atomic mass is 19.4.